The minimum absolute atomic E-state index is 0. The first-order chi connectivity index (χ1) is 11.5. The monoisotopic (exact) mass is 485 g/mol. The van der Waals surface area contributed by atoms with E-state index >= 15 is 0 Å². The number of nitrogens with zero attached hydrogens (tertiary/aromatic N) is 1. The standard InChI is InChI=1S/C16H18F3N3OS.HI/c1-20-15(22-10-14-3-2-8-24-14)21-9-12-4-6-13(7-5-12)23-11-16(17,18)19;/h2-8H,9-11H2,1H3,(H2,20,21,22);1H. The molecule has 1 aromatic heterocycles. The Morgan fingerprint density at radius 1 is 1.12 bits per heavy atom. The molecule has 0 bridgehead atoms. The van der Waals surface area contributed by atoms with E-state index in [4.69, 9.17) is 0 Å². The van der Waals surface area contributed by atoms with Gasteiger partial charge in [0.25, 0.3) is 0 Å². The zero-order chi connectivity index (χ0) is 17.4. The second kappa shape index (κ2) is 10.5. The van der Waals surface area contributed by atoms with Crippen LogP contribution in [-0.4, -0.2) is 25.8 Å². The number of aliphatic imine (C=N–C) groups is 1. The average Bonchev–Trinajstić information content (AvgIpc) is 3.07. The van der Waals surface area contributed by atoms with Crippen LogP contribution in [0.25, 0.3) is 0 Å². The molecule has 138 valence electrons. The maximum Gasteiger partial charge on any atom is 0.422 e. The highest BCUT2D eigenvalue weighted by atomic mass is 127. The molecule has 0 amide bonds. The van der Waals surface area contributed by atoms with Gasteiger partial charge in [-0.25, -0.2) is 0 Å². The van der Waals surface area contributed by atoms with Crippen LogP contribution in [0.3, 0.4) is 0 Å². The van der Waals surface area contributed by atoms with Gasteiger partial charge in [-0.1, -0.05) is 18.2 Å². The second-order valence-corrected chi connectivity index (χ2v) is 5.94. The van der Waals surface area contributed by atoms with Gasteiger partial charge in [0.2, 0.25) is 0 Å². The van der Waals surface area contributed by atoms with Gasteiger partial charge in [0, 0.05) is 18.5 Å². The molecule has 0 saturated carbocycles. The molecule has 0 aliphatic carbocycles. The molecule has 25 heavy (non-hydrogen) atoms. The first kappa shape index (κ1) is 21.6. The molecule has 1 heterocycles. The van der Waals surface area contributed by atoms with Gasteiger partial charge in [-0.05, 0) is 29.1 Å². The highest BCUT2D eigenvalue weighted by Gasteiger charge is 2.28. The topological polar surface area (TPSA) is 45.7 Å². The normalized spacial score (nSPS) is 11.6. The smallest absolute Gasteiger partial charge is 0.422 e. The Hall–Kier alpha value is -1.49. The molecular formula is C16H19F3IN3OS. The van der Waals surface area contributed by atoms with Gasteiger partial charge in [-0.15, -0.1) is 35.3 Å². The fraction of sp³-hybridized carbons (Fsp3) is 0.312. The van der Waals surface area contributed by atoms with Gasteiger partial charge in [0.15, 0.2) is 12.6 Å². The Kier molecular flexibility index (Phi) is 9.04. The molecule has 0 atom stereocenters. The molecule has 0 radical (unpaired) electrons. The summed E-state index contributed by atoms with van der Waals surface area (Å²) in [5, 5.41) is 8.35. The van der Waals surface area contributed by atoms with Crippen molar-refractivity contribution in [2.75, 3.05) is 13.7 Å². The minimum atomic E-state index is -4.33. The first-order valence-corrected chi connectivity index (χ1v) is 8.09. The van der Waals surface area contributed by atoms with Gasteiger partial charge in [0.05, 0.1) is 6.54 Å². The lowest BCUT2D eigenvalue weighted by Gasteiger charge is -2.12. The molecule has 0 spiro atoms. The average molecular weight is 485 g/mol. The SMILES string of the molecule is CN=C(NCc1ccc(OCC(F)(F)F)cc1)NCc1cccs1.I. The van der Waals surface area contributed by atoms with Crippen LogP contribution in [0.2, 0.25) is 0 Å². The number of halogens is 4. The molecule has 1 aromatic carbocycles. The predicted molar refractivity (Wildman–Crippen MR) is 105 cm³/mol. The van der Waals surface area contributed by atoms with Crippen LogP contribution in [0.4, 0.5) is 13.2 Å². The van der Waals surface area contributed by atoms with E-state index in [-0.39, 0.29) is 29.7 Å². The molecule has 2 rings (SSSR count). The van der Waals surface area contributed by atoms with Crippen LogP contribution in [0.1, 0.15) is 10.4 Å². The number of hydrogen-bond acceptors (Lipinski definition) is 3. The molecule has 2 N–H and O–H groups in total. The van der Waals surface area contributed by atoms with Crippen LogP contribution in [0.5, 0.6) is 5.75 Å². The summed E-state index contributed by atoms with van der Waals surface area (Å²) >= 11 is 1.66. The Balaban J connectivity index is 0.00000312. The van der Waals surface area contributed by atoms with Gasteiger partial charge < -0.3 is 15.4 Å². The van der Waals surface area contributed by atoms with Crippen molar-refractivity contribution in [3.63, 3.8) is 0 Å². The first-order valence-electron chi connectivity index (χ1n) is 7.21. The number of hydrogen-bond donors (Lipinski definition) is 2. The third kappa shape index (κ3) is 8.43. The summed E-state index contributed by atoms with van der Waals surface area (Å²) in [7, 11) is 1.68. The van der Waals surface area contributed by atoms with Crippen molar-refractivity contribution in [3.05, 3.63) is 52.2 Å². The Morgan fingerprint density at radius 2 is 1.80 bits per heavy atom. The lowest BCUT2D eigenvalue weighted by atomic mass is 10.2. The van der Waals surface area contributed by atoms with E-state index in [2.05, 4.69) is 20.4 Å². The summed E-state index contributed by atoms with van der Waals surface area (Å²) < 4.78 is 40.9. The van der Waals surface area contributed by atoms with E-state index in [0.717, 1.165) is 5.56 Å². The van der Waals surface area contributed by atoms with Crippen LogP contribution in [0.15, 0.2) is 46.8 Å². The van der Waals surface area contributed by atoms with Crippen molar-refractivity contribution in [3.8, 4) is 5.75 Å². The number of ether oxygens (including phenoxy) is 1. The molecule has 0 aliphatic heterocycles. The summed E-state index contributed by atoms with van der Waals surface area (Å²) in [6.45, 7) is -0.102. The lowest BCUT2D eigenvalue weighted by Crippen LogP contribution is -2.36. The fourth-order valence-electron chi connectivity index (χ4n) is 1.86. The number of guanidine groups is 1. The van der Waals surface area contributed by atoms with Crippen molar-refractivity contribution >= 4 is 41.3 Å². The summed E-state index contributed by atoms with van der Waals surface area (Å²) in [5.41, 5.74) is 0.911. The third-order valence-electron chi connectivity index (χ3n) is 3.02. The summed E-state index contributed by atoms with van der Waals surface area (Å²) in [6.07, 6.45) is -4.33. The Labute approximate surface area is 165 Å². The second-order valence-electron chi connectivity index (χ2n) is 4.91. The van der Waals surface area contributed by atoms with Crippen molar-refractivity contribution in [2.45, 2.75) is 19.3 Å². The molecule has 0 fully saturated rings. The van der Waals surface area contributed by atoms with Crippen molar-refractivity contribution in [1.82, 2.24) is 10.6 Å². The molecular weight excluding hydrogens is 466 g/mol. The van der Waals surface area contributed by atoms with Gasteiger partial charge >= 0.3 is 6.18 Å². The summed E-state index contributed by atoms with van der Waals surface area (Å²) in [6, 6.07) is 10.5. The highest BCUT2D eigenvalue weighted by Crippen LogP contribution is 2.18. The van der Waals surface area contributed by atoms with Crippen LogP contribution >= 0.6 is 35.3 Å². The third-order valence-corrected chi connectivity index (χ3v) is 3.90. The fourth-order valence-corrected chi connectivity index (χ4v) is 2.50. The van der Waals surface area contributed by atoms with Crippen LogP contribution in [-0.2, 0) is 13.1 Å². The molecule has 0 aliphatic rings. The number of rotatable bonds is 6. The number of benzene rings is 1. The summed E-state index contributed by atoms with van der Waals surface area (Å²) in [4.78, 5) is 5.32. The number of thiophene rings is 1. The largest absolute Gasteiger partial charge is 0.484 e. The maximum atomic E-state index is 12.1. The van der Waals surface area contributed by atoms with E-state index in [1.165, 1.54) is 17.0 Å². The molecule has 0 saturated heterocycles. The quantitative estimate of drug-likeness (QED) is 0.367. The van der Waals surface area contributed by atoms with Gasteiger partial charge in [0.1, 0.15) is 5.75 Å². The Bertz CT molecular complexity index is 646. The van der Waals surface area contributed by atoms with Crippen LogP contribution in [0, 0.1) is 0 Å². The van der Waals surface area contributed by atoms with Gasteiger partial charge in [-0.3, -0.25) is 4.99 Å². The van der Waals surface area contributed by atoms with E-state index in [1.807, 2.05) is 17.5 Å². The molecule has 2 aromatic rings. The molecule has 4 nitrogen and oxygen atoms in total. The maximum absolute atomic E-state index is 12.1. The predicted octanol–water partition coefficient (Wildman–Crippen LogP) is 4.17. The summed E-state index contributed by atoms with van der Waals surface area (Å²) in [5.74, 6) is 0.845. The zero-order valence-corrected chi connectivity index (χ0v) is 16.6. The minimum Gasteiger partial charge on any atom is -0.484 e. The highest BCUT2D eigenvalue weighted by molar-refractivity contribution is 14.0. The van der Waals surface area contributed by atoms with E-state index in [0.29, 0.717) is 19.0 Å². The van der Waals surface area contributed by atoms with Crippen molar-refractivity contribution in [2.24, 2.45) is 4.99 Å². The molecule has 0 unspecified atom stereocenters. The van der Waals surface area contributed by atoms with E-state index in [1.54, 1.807) is 30.5 Å². The number of nitrogens with one attached hydrogen (secondary N) is 2. The van der Waals surface area contributed by atoms with Crippen LogP contribution < -0.4 is 15.4 Å². The Morgan fingerprint density at radius 3 is 2.36 bits per heavy atom. The van der Waals surface area contributed by atoms with E-state index < -0.39 is 12.8 Å². The van der Waals surface area contributed by atoms with Crippen molar-refractivity contribution in [1.29, 1.82) is 0 Å². The van der Waals surface area contributed by atoms with Crippen molar-refractivity contribution < 1.29 is 17.9 Å². The van der Waals surface area contributed by atoms with E-state index in [9.17, 15) is 13.2 Å². The lowest BCUT2D eigenvalue weighted by molar-refractivity contribution is -0.153. The number of alkyl halides is 3. The van der Waals surface area contributed by atoms with Gasteiger partial charge in [-0.2, -0.15) is 13.2 Å². The molecule has 9 heteroatoms. The zero-order valence-electron chi connectivity index (χ0n) is 13.5.